The number of hydrogen-bond acceptors (Lipinski definition) is 6. The summed E-state index contributed by atoms with van der Waals surface area (Å²) in [6.45, 7) is 1.45. The van der Waals surface area contributed by atoms with Crippen LogP contribution in [0.2, 0.25) is 0 Å². The SMILES string of the molecule is CC(=O)OCC#CCSc1nnc(-c2ccc(Br)cc2)o1. The number of benzene rings is 1. The van der Waals surface area contributed by atoms with Crippen molar-refractivity contribution in [3.05, 3.63) is 28.7 Å². The zero-order chi connectivity index (χ0) is 15.1. The van der Waals surface area contributed by atoms with Crippen LogP contribution in [0.25, 0.3) is 11.5 Å². The van der Waals surface area contributed by atoms with Gasteiger partial charge in [0, 0.05) is 17.0 Å². The van der Waals surface area contributed by atoms with E-state index in [2.05, 4.69) is 42.7 Å². The maximum atomic E-state index is 10.5. The van der Waals surface area contributed by atoms with E-state index in [1.807, 2.05) is 24.3 Å². The molecule has 0 saturated heterocycles. The summed E-state index contributed by atoms with van der Waals surface area (Å²) in [6.07, 6.45) is 0. The second kappa shape index (κ2) is 7.86. The maximum Gasteiger partial charge on any atom is 0.303 e. The highest BCUT2D eigenvalue weighted by Gasteiger charge is 2.08. The summed E-state index contributed by atoms with van der Waals surface area (Å²) in [5, 5.41) is 8.38. The van der Waals surface area contributed by atoms with Gasteiger partial charge in [0.25, 0.3) is 5.22 Å². The molecule has 1 aromatic carbocycles. The van der Waals surface area contributed by atoms with E-state index in [0.29, 0.717) is 16.9 Å². The number of rotatable bonds is 4. The lowest BCUT2D eigenvalue weighted by atomic mass is 10.2. The van der Waals surface area contributed by atoms with E-state index in [4.69, 9.17) is 4.42 Å². The fraction of sp³-hybridized carbons (Fsp3) is 0.214. The molecule has 0 aliphatic rings. The second-order valence-electron chi connectivity index (χ2n) is 3.80. The van der Waals surface area contributed by atoms with Gasteiger partial charge in [-0.05, 0) is 24.3 Å². The molecule has 0 fully saturated rings. The molecule has 0 N–H and O–H groups in total. The first kappa shape index (κ1) is 15.6. The quantitative estimate of drug-likeness (QED) is 0.470. The molecule has 0 spiro atoms. The van der Waals surface area contributed by atoms with Gasteiger partial charge in [-0.3, -0.25) is 4.79 Å². The van der Waals surface area contributed by atoms with Crippen LogP contribution in [0.4, 0.5) is 0 Å². The highest BCUT2D eigenvalue weighted by atomic mass is 79.9. The summed E-state index contributed by atoms with van der Waals surface area (Å²) < 4.78 is 11.2. The molecule has 7 heteroatoms. The van der Waals surface area contributed by atoms with Gasteiger partial charge < -0.3 is 9.15 Å². The molecule has 0 atom stereocenters. The van der Waals surface area contributed by atoms with Gasteiger partial charge in [-0.25, -0.2) is 0 Å². The smallest absolute Gasteiger partial charge is 0.303 e. The summed E-state index contributed by atoms with van der Waals surface area (Å²) in [4.78, 5) is 10.5. The van der Waals surface area contributed by atoms with Crippen molar-refractivity contribution >= 4 is 33.7 Å². The third kappa shape index (κ3) is 5.25. The van der Waals surface area contributed by atoms with Crippen LogP contribution in [0.15, 0.2) is 38.4 Å². The molecule has 21 heavy (non-hydrogen) atoms. The van der Waals surface area contributed by atoms with E-state index in [0.717, 1.165) is 10.0 Å². The number of esters is 1. The van der Waals surface area contributed by atoms with Crippen molar-refractivity contribution < 1.29 is 13.9 Å². The Morgan fingerprint density at radius 3 is 2.81 bits per heavy atom. The van der Waals surface area contributed by atoms with Crippen LogP contribution in [0, 0.1) is 11.8 Å². The molecule has 1 heterocycles. The molecule has 0 aliphatic carbocycles. The van der Waals surface area contributed by atoms with Crippen molar-refractivity contribution in [1.29, 1.82) is 0 Å². The zero-order valence-corrected chi connectivity index (χ0v) is 13.5. The molecular weight excluding hydrogens is 356 g/mol. The van der Waals surface area contributed by atoms with Crippen molar-refractivity contribution in [3.8, 4) is 23.3 Å². The number of carbonyl (C=O) groups is 1. The van der Waals surface area contributed by atoms with Crippen LogP contribution < -0.4 is 0 Å². The monoisotopic (exact) mass is 366 g/mol. The third-order valence-electron chi connectivity index (χ3n) is 2.24. The first-order valence-electron chi connectivity index (χ1n) is 5.96. The van der Waals surface area contributed by atoms with Crippen LogP contribution in [-0.4, -0.2) is 28.5 Å². The second-order valence-corrected chi connectivity index (χ2v) is 5.64. The lowest BCUT2D eigenvalue weighted by Gasteiger charge is -1.94. The van der Waals surface area contributed by atoms with Gasteiger partial charge in [0.1, 0.15) is 0 Å². The number of hydrogen-bond donors (Lipinski definition) is 0. The minimum Gasteiger partial charge on any atom is -0.453 e. The first-order valence-corrected chi connectivity index (χ1v) is 7.74. The van der Waals surface area contributed by atoms with E-state index in [9.17, 15) is 4.79 Å². The first-order chi connectivity index (χ1) is 10.1. The average Bonchev–Trinajstić information content (AvgIpc) is 2.92. The van der Waals surface area contributed by atoms with Crippen molar-refractivity contribution in [2.75, 3.05) is 12.4 Å². The fourth-order valence-electron chi connectivity index (χ4n) is 1.31. The summed E-state index contributed by atoms with van der Waals surface area (Å²) in [5.41, 5.74) is 0.860. The van der Waals surface area contributed by atoms with E-state index >= 15 is 0 Å². The Bertz CT molecular complexity index is 674. The number of aromatic nitrogens is 2. The Morgan fingerprint density at radius 2 is 2.10 bits per heavy atom. The molecule has 0 radical (unpaired) electrons. The normalized spacial score (nSPS) is 9.81. The van der Waals surface area contributed by atoms with Gasteiger partial charge in [0.2, 0.25) is 5.89 Å². The van der Waals surface area contributed by atoms with E-state index in [-0.39, 0.29) is 12.6 Å². The van der Waals surface area contributed by atoms with Crippen LogP contribution in [0.5, 0.6) is 0 Å². The molecule has 5 nitrogen and oxygen atoms in total. The van der Waals surface area contributed by atoms with Gasteiger partial charge in [-0.1, -0.05) is 39.5 Å². The molecule has 2 rings (SSSR count). The fourth-order valence-corrected chi connectivity index (χ4v) is 2.11. The van der Waals surface area contributed by atoms with Crippen LogP contribution in [0.3, 0.4) is 0 Å². The minimum absolute atomic E-state index is 0.101. The van der Waals surface area contributed by atoms with Gasteiger partial charge >= 0.3 is 5.97 Å². The molecule has 0 unspecified atom stereocenters. The number of ether oxygens (including phenoxy) is 1. The highest BCUT2D eigenvalue weighted by Crippen LogP contribution is 2.24. The number of halogens is 1. The molecule has 0 bridgehead atoms. The summed E-state index contributed by atoms with van der Waals surface area (Å²) in [6, 6.07) is 7.61. The van der Waals surface area contributed by atoms with Crippen LogP contribution in [0.1, 0.15) is 6.92 Å². The highest BCUT2D eigenvalue weighted by molar-refractivity contribution is 9.10. The number of carbonyl (C=O) groups excluding carboxylic acids is 1. The molecular formula is C14H11BrN2O3S. The maximum absolute atomic E-state index is 10.5. The molecule has 2 aromatic rings. The van der Waals surface area contributed by atoms with E-state index in [1.54, 1.807) is 0 Å². The Balaban J connectivity index is 1.86. The van der Waals surface area contributed by atoms with Gasteiger partial charge in [-0.15, -0.1) is 10.2 Å². The average molecular weight is 367 g/mol. The van der Waals surface area contributed by atoms with Gasteiger partial charge in [0.05, 0.1) is 5.75 Å². The molecule has 0 aliphatic heterocycles. The molecule has 1 aromatic heterocycles. The Labute approximate surface area is 134 Å². The topological polar surface area (TPSA) is 65.2 Å². The van der Waals surface area contributed by atoms with Gasteiger partial charge in [-0.2, -0.15) is 0 Å². The summed E-state index contributed by atoms with van der Waals surface area (Å²) >= 11 is 4.70. The van der Waals surface area contributed by atoms with Crippen molar-refractivity contribution in [3.63, 3.8) is 0 Å². The lowest BCUT2D eigenvalue weighted by molar-refractivity contribution is -0.139. The number of thioether (sulfide) groups is 1. The van der Waals surface area contributed by atoms with Crippen molar-refractivity contribution in [1.82, 2.24) is 10.2 Å². The van der Waals surface area contributed by atoms with Gasteiger partial charge in [0.15, 0.2) is 6.61 Å². The minimum atomic E-state index is -0.340. The standard InChI is InChI=1S/C14H11BrN2O3S/c1-10(18)19-8-2-3-9-21-14-17-16-13(20-14)11-4-6-12(15)7-5-11/h4-7H,8-9H2,1H3. The van der Waals surface area contributed by atoms with E-state index in [1.165, 1.54) is 18.7 Å². The predicted molar refractivity (Wildman–Crippen MR) is 82.6 cm³/mol. The van der Waals surface area contributed by atoms with Crippen molar-refractivity contribution in [2.45, 2.75) is 12.1 Å². The molecule has 0 amide bonds. The zero-order valence-electron chi connectivity index (χ0n) is 11.1. The molecule has 0 saturated carbocycles. The lowest BCUT2D eigenvalue weighted by Crippen LogP contribution is -1.97. The summed E-state index contributed by atoms with van der Waals surface area (Å²) in [5.74, 6) is 6.19. The van der Waals surface area contributed by atoms with Crippen molar-refractivity contribution in [2.24, 2.45) is 0 Å². The number of nitrogens with zero attached hydrogens (tertiary/aromatic N) is 2. The molecule has 108 valence electrons. The Morgan fingerprint density at radius 1 is 1.33 bits per heavy atom. The Hall–Kier alpha value is -1.78. The van der Waals surface area contributed by atoms with E-state index < -0.39 is 0 Å². The Kier molecular flexibility index (Phi) is 5.84. The van der Waals surface area contributed by atoms with Crippen LogP contribution >= 0.6 is 27.7 Å². The summed E-state index contributed by atoms with van der Waals surface area (Å²) in [7, 11) is 0. The predicted octanol–water partition coefficient (Wildman–Crippen LogP) is 3.16. The third-order valence-corrected chi connectivity index (χ3v) is 3.47. The largest absolute Gasteiger partial charge is 0.453 e. The van der Waals surface area contributed by atoms with Crippen LogP contribution in [-0.2, 0) is 9.53 Å².